The lowest BCUT2D eigenvalue weighted by Gasteiger charge is -2.36. The van der Waals surface area contributed by atoms with Gasteiger partial charge in [0.05, 0.1) is 7.11 Å². The number of halogens is 5. The lowest BCUT2D eigenvalue weighted by atomic mass is 9.77. The summed E-state index contributed by atoms with van der Waals surface area (Å²) in [6.07, 6.45) is -6.36. The fourth-order valence-corrected chi connectivity index (χ4v) is 4.78. The minimum Gasteiger partial charge on any atom is -0.493 e. The van der Waals surface area contributed by atoms with Gasteiger partial charge in [-0.2, -0.15) is 17.6 Å². The van der Waals surface area contributed by atoms with Gasteiger partial charge in [0.1, 0.15) is 6.10 Å². The molecule has 1 amide bonds. The number of rotatable bonds is 6. The van der Waals surface area contributed by atoms with Crippen LogP contribution in [-0.4, -0.2) is 86.5 Å². The Hall–Kier alpha value is -1.98. The molecule has 192 valence electrons. The topological polar surface area (TPSA) is 54.0 Å². The number of nitrogens with zero attached hydrogens (tertiary/aromatic N) is 2. The van der Waals surface area contributed by atoms with Crippen LogP contribution >= 0.6 is 0 Å². The molecule has 34 heavy (non-hydrogen) atoms. The third-order valence-corrected chi connectivity index (χ3v) is 7.30. The predicted molar refractivity (Wildman–Crippen MR) is 116 cm³/mol. The Morgan fingerprint density at radius 1 is 1.26 bits per heavy atom. The summed E-state index contributed by atoms with van der Waals surface area (Å²) < 4.78 is 80.6. The second-order valence-electron chi connectivity index (χ2n) is 9.37. The smallest absolute Gasteiger partial charge is 0.417 e. The van der Waals surface area contributed by atoms with Gasteiger partial charge in [-0.05, 0) is 27.0 Å². The van der Waals surface area contributed by atoms with Crippen molar-refractivity contribution < 1.29 is 36.2 Å². The predicted octanol–water partition coefficient (Wildman–Crippen LogP) is 3.17. The molecular weight excluding hydrogens is 461 g/mol. The van der Waals surface area contributed by atoms with E-state index < -0.39 is 53.0 Å². The molecular formula is C23H32F5N3O3. The minimum absolute atomic E-state index is 0.0401. The van der Waals surface area contributed by atoms with Crippen LogP contribution in [-0.2, 0) is 9.53 Å². The Morgan fingerprint density at radius 3 is 2.44 bits per heavy atom. The second kappa shape index (κ2) is 9.94. The summed E-state index contributed by atoms with van der Waals surface area (Å²) in [5.74, 6) is -6.29. The van der Waals surface area contributed by atoms with Gasteiger partial charge in [0.15, 0.2) is 17.2 Å². The third kappa shape index (κ3) is 4.87. The van der Waals surface area contributed by atoms with E-state index in [1.807, 2.05) is 14.0 Å². The number of alkyl halides is 3. The van der Waals surface area contributed by atoms with Crippen LogP contribution in [0.4, 0.5) is 22.0 Å². The van der Waals surface area contributed by atoms with E-state index in [1.54, 1.807) is 0 Å². The molecule has 2 heterocycles. The number of carbonyl (C=O) groups excluding carboxylic acids is 1. The highest BCUT2D eigenvalue weighted by atomic mass is 19.4. The molecule has 2 aliphatic heterocycles. The van der Waals surface area contributed by atoms with Crippen molar-refractivity contribution in [3.05, 3.63) is 29.3 Å². The number of nitrogens with one attached hydrogen (secondary N) is 1. The van der Waals surface area contributed by atoms with Crippen LogP contribution in [0.3, 0.4) is 0 Å². The molecule has 6 nitrogen and oxygen atoms in total. The summed E-state index contributed by atoms with van der Waals surface area (Å²) in [7, 11) is 3.12. The molecule has 2 fully saturated rings. The van der Waals surface area contributed by atoms with Gasteiger partial charge in [0, 0.05) is 56.2 Å². The van der Waals surface area contributed by atoms with Gasteiger partial charge in [-0.3, -0.25) is 9.69 Å². The molecule has 0 bridgehead atoms. The normalized spacial score (nSPS) is 29.8. The van der Waals surface area contributed by atoms with Crippen molar-refractivity contribution >= 4 is 5.91 Å². The quantitative estimate of drug-likeness (QED) is 0.618. The molecule has 0 aliphatic carbocycles. The van der Waals surface area contributed by atoms with Crippen LogP contribution in [0.25, 0.3) is 0 Å². The van der Waals surface area contributed by atoms with Crippen LogP contribution in [0.2, 0.25) is 0 Å². The number of carbonyl (C=O) groups is 1. The zero-order valence-corrected chi connectivity index (χ0v) is 20.0. The van der Waals surface area contributed by atoms with Crippen molar-refractivity contribution in [3.63, 3.8) is 0 Å². The van der Waals surface area contributed by atoms with Crippen LogP contribution in [0.15, 0.2) is 12.1 Å². The average Bonchev–Trinajstić information content (AvgIpc) is 3.06. The maximum Gasteiger partial charge on any atom is 0.417 e. The summed E-state index contributed by atoms with van der Waals surface area (Å²) in [6, 6.07) is 1.92. The second-order valence-corrected chi connectivity index (χ2v) is 9.37. The molecule has 1 aromatic rings. The zero-order valence-electron chi connectivity index (χ0n) is 20.0. The zero-order chi connectivity index (χ0) is 25.4. The standard InChI is InChI=1S/C23H32F5N3O3/c1-13(31-10-8-30(4)9-11-31)12-29-21(32)20-17(14(2)22(3,34-20)23(26,27)28)15-6-7-16(24)18(25)19(15)33-5/h6-7,13-14,17,20H,8-12H2,1-5H3,(H,29,32)/t13-,14+,17+,20-,22-/m1/s1. The van der Waals surface area contributed by atoms with Gasteiger partial charge in [0.25, 0.3) is 0 Å². The highest BCUT2D eigenvalue weighted by molar-refractivity contribution is 5.83. The van der Waals surface area contributed by atoms with E-state index in [-0.39, 0.29) is 18.2 Å². The number of amides is 1. The summed E-state index contributed by atoms with van der Waals surface area (Å²) >= 11 is 0. The number of hydrogen-bond acceptors (Lipinski definition) is 5. The van der Waals surface area contributed by atoms with Crippen molar-refractivity contribution in [1.29, 1.82) is 0 Å². The highest BCUT2D eigenvalue weighted by Gasteiger charge is 2.65. The van der Waals surface area contributed by atoms with E-state index in [0.717, 1.165) is 52.3 Å². The van der Waals surface area contributed by atoms with Crippen LogP contribution in [0, 0.1) is 17.6 Å². The highest BCUT2D eigenvalue weighted by Crippen LogP contribution is 2.54. The molecule has 0 aromatic heterocycles. The molecule has 2 saturated heterocycles. The van der Waals surface area contributed by atoms with Gasteiger partial charge >= 0.3 is 6.18 Å². The van der Waals surface area contributed by atoms with Gasteiger partial charge in [-0.25, -0.2) is 4.39 Å². The molecule has 1 aromatic carbocycles. The van der Waals surface area contributed by atoms with Gasteiger partial charge < -0.3 is 19.7 Å². The van der Waals surface area contributed by atoms with Gasteiger partial charge in [-0.1, -0.05) is 13.0 Å². The molecule has 0 unspecified atom stereocenters. The lowest BCUT2D eigenvalue weighted by molar-refractivity contribution is -0.272. The Kier molecular flexibility index (Phi) is 7.79. The molecule has 0 saturated carbocycles. The first-order chi connectivity index (χ1) is 15.8. The summed E-state index contributed by atoms with van der Waals surface area (Å²) in [4.78, 5) is 17.5. The fourth-order valence-electron chi connectivity index (χ4n) is 4.78. The van der Waals surface area contributed by atoms with Crippen molar-refractivity contribution in [2.24, 2.45) is 5.92 Å². The SMILES string of the molecule is COc1c([C@H]2[C@H](C(=O)NC[C@@H](C)N3CCN(C)CC3)O[C@@](C)(C(F)(F)F)[C@H]2C)ccc(F)c1F. The summed E-state index contributed by atoms with van der Waals surface area (Å²) in [5.41, 5.74) is -2.72. The number of piperazine rings is 1. The van der Waals surface area contributed by atoms with E-state index in [4.69, 9.17) is 9.47 Å². The first-order valence-corrected chi connectivity index (χ1v) is 11.3. The number of ether oxygens (including phenoxy) is 2. The number of benzene rings is 1. The van der Waals surface area contributed by atoms with Crippen molar-refractivity contribution in [1.82, 2.24) is 15.1 Å². The van der Waals surface area contributed by atoms with E-state index in [9.17, 15) is 26.7 Å². The largest absolute Gasteiger partial charge is 0.493 e. The molecule has 0 spiro atoms. The third-order valence-electron chi connectivity index (χ3n) is 7.30. The van der Waals surface area contributed by atoms with E-state index in [2.05, 4.69) is 15.1 Å². The van der Waals surface area contributed by atoms with E-state index >= 15 is 0 Å². The van der Waals surface area contributed by atoms with Crippen molar-refractivity contribution in [2.75, 3.05) is 46.9 Å². The van der Waals surface area contributed by atoms with Crippen LogP contribution < -0.4 is 10.1 Å². The summed E-state index contributed by atoms with van der Waals surface area (Å²) in [6.45, 7) is 7.68. The minimum atomic E-state index is -4.79. The van der Waals surface area contributed by atoms with Gasteiger partial charge in [-0.15, -0.1) is 0 Å². The average molecular weight is 494 g/mol. The lowest BCUT2D eigenvalue weighted by Crippen LogP contribution is -2.52. The number of hydrogen-bond donors (Lipinski definition) is 1. The summed E-state index contributed by atoms with van der Waals surface area (Å²) in [5, 5.41) is 2.71. The molecule has 2 aliphatic rings. The van der Waals surface area contributed by atoms with Crippen LogP contribution in [0.5, 0.6) is 5.75 Å². The van der Waals surface area contributed by atoms with E-state index in [1.165, 1.54) is 6.92 Å². The first kappa shape index (κ1) is 26.6. The van der Waals surface area contributed by atoms with Crippen molar-refractivity contribution in [2.45, 2.75) is 50.6 Å². The monoisotopic (exact) mass is 493 g/mol. The molecule has 11 heteroatoms. The Morgan fingerprint density at radius 2 is 1.88 bits per heavy atom. The van der Waals surface area contributed by atoms with Crippen molar-refractivity contribution in [3.8, 4) is 5.75 Å². The first-order valence-electron chi connectivity index (χ1n) is 11.3. The molecule has 0 radical (unpaired) electrons. The Bertz CT molecular complexity index is 891. The number of likely N-dealkylation sites (N-methyl/N-ethyl adjacent to an activating group) is 1. The van der Waals surface area contributed by atoms with E-state index in [0.29, 0.717) is 0 Å². The maximum atomic E-state index is 14.4. The molecule has 3 rings (SSSR count). The molecule has 1 N–H and O–H groups in total. The molecule has 5 atom stereocenters. The van der Waals surface area contributed by atoms with Gasteiger partial charge in [0.2, 0.25) is 11.7 Å². The fraction of sp³-hybridized carbons (Fsp3) is 0.696. The maximum absolute atomic E-state index is 14.4. The Balaban J connectivity index is 1.87. The Labute approximate surface area is 196 Å². The van der Waals surface area contributed by atoms with Crippen LogP contribution in [0.1, 0.15) is 32.3 Å². The number of methoxy groups -OCH3 is 1.